The van der Waals surface area contributed by atoms with Crippen molar-refractivity contribution in [1.29, 1.82) is 0 Å². The van der Waals surface area contributed by atoms with Crippen molar-refractivity contribution in [3.8, 4) is 0 Å². The fourth-order valence-corrected chi connectivity index (χ4v) is 2.15. The second-order valence-corrected chi connectivity index (χ2v) is 5.40. The molecule has 0 unspecified atom stereocenters. The first kappa shape index (κ1) is 17.7. The number of carbonyl (C=O) groups is 2. The Hall–Kier alpha value is -2.60. The van der Waals surface area contributed by atoms with Crippen LogP contribution in [-0.4, -0.2) is 30.5 Å². The number of pyridine rings is 1. The van der Waals surface area contributed by atoms with Crippen LogP contribution < -0.4 is 10.6 Å². The number of amides is 1. The summed E-state index contributed by atoms with van der Waals surface area (Å²) in [5.41, 5.74) is 1.67. The minimum absolute atomic E-state index is 0.246. The minimum Gasteiger partial charge on any atom is -0.465 e. The first-order chi connectivity index (χ1) is 11.5. The van der Waals surface area contributed by atoms with Crippen LogP contribution in [0.2, 0.25) is 5.02 Å². The highest BCUT2D eigenvalue weighted by atomic mass is 35.5. The van der Waals surface area contributed by atoms with E-state index >= 15 is 0 Å². The van der Waals surface area contributed by atoms with Crippen molar-refractivity contribution in [1.82, 2.24) is 4.98 Å². The zero-order valence-electron chi connectivity index (χ0n) is 13.4. The number of hydrogen-bond donors (Lipinski definition) is 2. The second kappa shape index (κ2) is 8.31. The summed E-state index contributed by atoms with van der Waals surface area (Å²) in [5.74, 6) is -0.926. The number of nitrogens with zero attached hydrogens (tertiary/aromatic N) is 1. The molecule has 1 heterocycles. The van der Waals surface area contributed by atoms with Crippen molar-refractivity contribution < 1.29 is 14.3 Å². The summed E-state index contributed by atoms with van der Waals surface area (Å²) in [4.78, 5) is 28.0. The van der Waals surface area contributed by atoms with E-state index in [0.717, 1.165) is 18.7 Å². The predicted octanol–water partition coefficient (Wildman–Crippen LogP) is 3.60. The van der Waals surface area contributed by atoms with Gasteiger partial charge in [-0.2, -0.15) is 0 Å². The Morgan fingerprint density at radius 3 is 2.75 bits per heavy atom. The summed E-state index contributed by atoms with van der Waals surface area (Å²) >= 11 is 6.08. The molecule has 0 fully saturated rings. The maximum Gasteiger partial charge on any atom is 0.337 e. The number of nitrogens with one attached hydrogen (secondary N) is 2. The van der Waals surface area contributed by atoms with Crippen molar-refractivity contribution in [2.75, 3.05) is 24.3 Å². The molecule has 0 saturated carbocycles. The lowest BCUT2D eigenvalue weighted by Gasteiger charge is -2.10. The van der Waals surface area contributed by atoms with E-state index in [1.54, 1.807) is 18.3 Å². The van der Waals surface area contributed by atoms with Crippen molar-refractivity contribution >= 4 is 34.9 Å². The molecular formula is C17H18ClN3O3. The van der Waals surface area contributed by atoms with E-state index in [2.05, 4.69) is 27.3 Å². The normalized spacial score (nSPS) is 10.1. The van der Waals surface area contributed by atoms with Crippen molar-refractivity contribution in [2.24, 2.45) is 0 Å². The van der Waals surface area contributed by atoms with E-state index in [1.165, 1.54) is 25.3 Å². The maximum absolute atomic E-state index is 12.4. The minimum atomic E-state index is -0.508. The van der Waals surface area contributed by atoms with Gasteiger partial charge in [0.1, 0.15) is 5.69 Å². The van der Waals surface area contributed by atoms with Gasteiger partial charge in [-0.1, -0.05) is 18.5 Å². The van der Waals surface area contributed by atoms with Crippen molar-refractivity contribution in [3.63, 3.8) is 0 Å². The molecule has 126 valence electrons. The van der Waals surface area contributed by atoms with E-state index in [1.807, 2.05) is 0 Å². The van der Waals surface area contributed by atoms with Gasteiger partial charge in [-0.25, -0.2) is 4.79 Å². The van der Waals surface area contributed by atoms with E-state index in [9.17, 15) is 9.59 Å². The smallest absolute Gasteiger partial charge is 0.337 e. The molecular weight excluding hydrogens is 330 g/mol. The van der Waals surface area contributed by atoms with E-state index in [4.69, 9.17) is 11.6 Å². The van der Waals surface area contributed by atoms with Crippen LogP contribution in [0.5, 0.6) is 0 Å². The third-order valence-corrected chi connectivity index (χ3v) is 3.54. The van der Waals surface area contributed by atoms with Crippen LogP contribution in [-0.2, 0) is 4.74 Å². The topological polar surface area (TPSA) is 80.3 Å². The Morgan fingerprint density at radius 1 is 1.25 bits per heavy atom. The quantitative estimate of drug-likeness (QED) is 0.780. The molecule has 24 heavy (non-hydrogen) atoms. The van der Waals surface area contributed by atoms with Crippen LogP contribution in [0.25, 0.3) is 0 Å². The van der Waals surface area contributed by atoms with Gasteiger partial charge in [-0.05, 0) is 36.8 Å². The molecule has 0 radical (unpaired) electrons. The third kappa shape index (κ3) is 4.45. The molecule has 0 aliphatic carbocycles. The van der Waals surface area contributed by atoms with Crippen molar-refractivity contribution in [2.45, 2.75) is 13.3 Å². The second-order valence-electron chi connectivity index (χ2n) is 5.00. The van der Waals surface area contributed by atoms with Gasteiger partial charge in [-0.3, -0.25) is 9.78 Å². The average molecular weight is 348 g/mol. The number of halogens is 1. The molecule has 1 aromatic carbocycles. The molecule has 0 aliphatic rings. The summed E-state index contributed by atoms with van der Waals surface area (Å²) in [6, 6.07) is 7.96. The number of rotatable bonds is 6. The largest absolute Gasteiger partial charge is 0.465 e. The molecule has 7 heteroatoms. The molecule has 0 bridgehead atoms. The zero-order chi connectivity index (χ0) is 17.5. The number of carbonyl (C=O) groups excluding carboxylic acids is 2. The van der Waals surface area contributed by atoms with Gasteiger partial charge in [0.25, 0.3) is 5.91 Å². The Kier molecular flexibility index (Phi) is 6.14. The Labute approximate surface area is 145 Å². The molecule has 2 N–H and O–H groups in total. The molecule has 2 aromatic rings. The fraction of sp³-hybridized carbons (Fsp3) is 0.235. The third-order valence-electron chi connectivity index (χ3n) is 3.21. The number of methoxy groups -OCH3 is 1. The number of esters is 1. The molecule has 1 amide bonds. The van der Waals surface area contributed by atoms with Gasteiger partial charge in [0.2, 0.25) is 0 Å². The first-order valence-electron chi connectivity index (χ1n) is 7.44. The number of anilines is 2. The van der Waals surface area contributed by atoms with Crippen LogP contribution in [0.3, 0.4) is 0 Å². The SMILES string of the molecule is CCCNc1ccnc(C(=O)Nc2cc(C(=O)OC)ccc2Cl)c1. The maximum atomic E-state index is 12.4. The average Bonchev–Trinajstić information content (AvgIpc) is 2.61. The molecule has 0 saturated heterocycles. The van der Waals surface area contributed by atoms with E-state index in [-0.39, 0.29) is 5.69 Å². The van der Waals surface area contributed by atoms with Gasteiger partial charge < -0.3 is 15.4 Å². The van der Waals surface area contributed by atoms with Gasteiger partial charge in [0.15, 0.2) is 0 Å². The predicted molar refractivity (Wildman–Crippen MR) is 93.8 cm³/mol. The van der Waals surface area contributed by atoms with Gasteiger partial charge >= 0.3 is 5.97 Å². The lowest BCUT2D eigenvalue weighted by molar-refractivity contribution is 0.0600. The number of aromatic nitrogens is 1. The Morgan fingerprint density at radius 2 is 2.04 bits per heavy atom. The lowest BCUT2D eigenvalue weighted by Crippen LogP contribution is -2.15. The van der Waals surface area contributed by atoms with Crippen LogP contribution >= 0.6 is 11.6 Å². The summed E-state index contributed by atoms with van der Waals surface area (Å²) in [6.45, 7) is 2.86. The standard InChI is InChI=1S/C17H18ClN3O3/c1-3-7-19-12-6-8-20-15(10-12)16(22)21-14-9-11(17(23)24-2)4-5-13(14)18/h4-6,8-10H,3,7H2,1-2H3,(H,19,20)(H,21,22). The number of ether oxygens (including phenoxy) is 1. The summed E-state index contributed by atoms with van der Waals surface area (Å²) in [7, 11) is 1.29. The molecule has 1 aromatic heterocycles. The van der Waals surface area contributed by atoms with Crippen LogP contribution in [0.15, 0.2) is 36.5 Å². The molecule has 0 atom stereocenters. The first-order valence-corrected chi connectivity index (χ1v) is 7.82. The van der Waals surface area contributed by atoms with Crippen LogP contribution in [0.4, 0.5) is 11.4 Å². The van der Waals surface area contributed by atoms with Crippen LogP contribution in [0, 0.1) is 0 Å². The molecule has 6 nitrogen and oxygen atoms in total. The Balaban J connectivity index is 2.19. The molecule has 0 aliphatic heterocycles. The summed E-state index contributed by atoms with van der Waals surface area (Å²) in [6.07, 6.45) is 2.53. The fourth-order valence-electron chi connectivity index (χ4n) is 1.99. The lowest BCUT2D eigenvalue weighted by atomic mass is 10.2. The van der Waals surface area contributed by atoms with Gasteiger partial charge in [-0.15, -0.1) is 0 Å². The van der Waals surface area contributed by atoms with Gasteiger partial charge in [0, 0.05) is 18.4 Å². The highest BCUT2D eigenvalue weighted by molar-refractivity contribution is 6.34. The van der Waals surface area contributed by atoms with Crippen molar-refractivity contribution in [3.05, 3.63) is 52.8 Å². The van der Waals surface area contributed by atoms with Gasteiger partial charge in [0.05, 0.1) is 23.4 Å². The Bertz CT molecular complexity index is 750. The number of hydrogen-bond acceptors (Lipinski definition) is 5. The summed E-state index contributed by atoms with van der Waals surface area (Å²) < 4.78 is 4.66. The van der Waals surface area contributed by atoms with Crippen LogP contribution in [0.1, 0.15) is 34.2 Å². The highest BCUT2D eigenvalue weighted by Gasteiger charge is 2.13. The monoisotopic (exact) mass is 347 g/mol. The molecule has 2 rings (SSSR count). The highest BCUT2D eigenvalue weighted by Crippen LogP contribution is 2.24. The van der Waals surface area contributed by atoms with E-state index in [0.29, 0.717) is 16.3 Å². The summed E-state index contributed by atoms with van der Waals surface area (Å²) in [5, 5.41) is 6.17. The molecule has 0 spiro atoms. The zero-order valence-corrected chi connectivity index (χ0v) is 14.2. The number of benzene rings is 1. The van der Waals surface area contributed by atoms with E-state index < -0.39 is 11.9 Å².